The highest BCUT2D eigenvalue weighted by molar-refractivity contribution is 6.14. The summed E-state index contributed by atoms with van der Waals surface area (Å²) in [6, 6.07) is 51.8. The molecule has 3 heteroatoms. The Labute approximate surface area is 295 Å². The molecule has 1 unspecified atom stereocenters. The van der Waals surface area contributed by atoms with E-state index in [0.29, 0.717) is 0 Å². The summed E-state index contributed by atoms with van der Waals surface area (Å²) in [4.78, 5) is 12.4. The van der Waals surface area contributed by atoms with Gasteiger partial charge in [0.25, 0.3) is 0 Å². The molecule has 0 saturated carbocycles. The van der Waals surface area contributed by atoms with E-state index in [1.165, 1.54) is 49.7 Å². The van der Waals surface area contributed by atoms with Crippen LogP contribution in [0.1, 0.15) is 47.6 Å². The molecule has 1 aliphatic heterocycles. The van der Waals surface area contributed by atoms with Crippen LogP contribution in [-0.2, 0) is 0 Å². The Morgan fingerprint density at radius 2 is 1.26 bits per heavy atom. The summed E-state index contributed by atoms with van der Waals surface area (Å²) in [5.41, 5.74) is 13.2. The van der Waals surface area contributed by atoms with E-state index >= 15 is 0 Å². The minimum absolute atomic E-state index is 0.0602. The molecule has 50 heavy (non-hydrogen) atoms. The maximum absolute atomic E-state index is 5.13. The van der Waals surface area contributed by atoms with Gasteiger partial charge in [-0.3, -0.25) is 4.99 Å². The van der Waals surface area contributed by atoms with Gasteiger partial charge < -0.3 is 4.90 Å². The quantitative estimate of drug-likeness (QED) is 0.162. The Bertz CT molecular complexity index is 2310. The predicted molar refractivity (Wildman–Crippen MR) is 212 cm³/mol. The normalized spacial score (nSPS) is 15.8. The van der Waals surface area contributed by atoms with Gasteiger partial charge in [0.1, 0.15) is 0 Å². The van der Waals surface area contributed by atoms with Crippen LogP contribution >= 0.6 is 0 Å². The minimum atomic E-state index is 0.0602. The fraction of sp³-hybridized carbons (Fsp3) is 0.106. The Balaban J connectivity index is 1.05. The molecule has 6 aromatic rings. The van der Waals surface area contributed by atoms with Gasteiger partial charge in [-0.25, -0.2) is 4.99 Å². The average Bonchev–Trinajstić information content (AvgIpc) is 3.19. The molecule has 0 spiro atoms. The third-order valence-electron chi connectivity index (χ3n) is 9.89. The molecule has 0 aromatic heterocycles. The van der Waals surface area contributed by atoms with E-state index in [2.05, 4.69) is 170 Å². The van der Waals surface area contributed by atoms with E-state index in [9.17, 15) is 0 Å². The van der Waals surface area contributed by atoms with Crippen LogP contribution in [0.5, 0.6) is 0 Å². The van der Waals surface area contributed by atoms with Gasteiger partial charge in [-0.15, -0.1) is 0 Å². The second kappa shape index (κ2) is 13.8. The molecule has 1 heterocycles. The molecular formula is C47H39N3. The first-order valence-corrected chi connectivity index (χ1v) is 17.4. The Morgan fingerprint density at radius 1 is 0.620 bits per heavy atom. The number of aliphatic imine (C=N–C) groups is 2. The molecule has 6 aromatic carbocycles. The molecule has 3 nitrogen and oxygen atoms in total. The van der Waals surface area contributed by atoms with Crippen LogP contribution in [0.3, 0.4) is 0 Å². The monoisotopic (exact) mass is 645 g/mol. The molecular weight excluding hydrogens is 607 g/mol. The molecule has 0 fully saturated rings. The zero-order chi connectivity index (χ0) is 33.9. The highest BCUT2D eigenvalue weighted by Gasteiger charge is 2.24. The lowest BCUT2D eigenvalue weighted by Gasteiger charge is -2.24. The summed E-state index contributed by atoms with van der Waals surface area (Å²) in [5, 5.41) is 2.49. The number of rotatable bonds is 8. The van der Waals surface area contributed by atoms with Gasteiger partial charge in [-0.05, 0) is 99.8 Å². The second-order valence-electron chi connectivity index (χ2n) is 13.1. The van der Waals surface area contributed by atoms with Gasteiger partial charge in [0.2, 0.25) is 0 Å². The number of para-hydroxylation sites is 1. The lowest BCUT2D eigenvalue weighted by Crippen LogP contribution is -2.19. The maximum Gasteiger partial charge on any atom is 0.155 e. The summed E-state index contributed by atoms with van der Waals surface area (Å²) < 4.78 is 0. The van der Waals surface area contributed by atoms with Crippen LogP contribution < -0.4 is 4.90 Å². The number of hydrogen-bond donors (Lipinski definition) is 0. The van der Waals surface area contributed by atoms with Crippen molar-refractivity contribution in [3.63, 3.8) is 0 Å². The fourth-order valence-corrected chi connectivity index (χ4v) is 7.11. The van der Waals surface area contributed by atoms with Crippen molar-refractivity contribution in [2.24, 2.45) is 9.98 Å². The van der Waals surface area contributed by atoms with Gasteiger partial charge in [0.15, 0.2) is 5.84 Å². The minimum Gasteiger partial charge on any atom is -0.318 e. The van der Waals surface area contributed by atoms with Crippen LogP contribution in [0, 0.1) is 6.92 Å². The molecule has 0 N–H and O–H groups in total. The van der Waals surface area contributed by atoms with E-state index < -0.39 is 0 Å². The number of anilines is 2. The van der Waals surface area contributed by atoms with E-state index in [1.807, 2.05) is 12.3 Å². The summed E-state index contributed by atoms with van der Waals surface area (Å²) in [5.74, 6) is 0.820. The molecule has 8 rings (SSSR count). The molecule has 1 aliphatic carbocycles. The highest BCUT2D eigenvalue weighted by atomic mass is 15.1. The number of hydrogen-bond acceptors (Lipinski definition) is 3. The number of amidine groups is 1. The molecule has 0 saturated heterocycles. The molecule has 242 valence electrons. The van der Waals surface area contributed by atoms with Crippen LogP contribution in [-0.4, -0.2) is 11.5 Å². The zero-order valence-electron chi connectivity index (χ0n) is 28.3. The van der Waals surface area contributed by atoms with Crippen molar-refractivity contribution in [3.05, 3.63) is 198 Å². The fourth-order valence-electron chi connectivity index (χ4n) is 7.11. The Hall–Kier alpha value is -6.06. The van der Waals surface area contributed by atoms with Crippen LogP contribution in [0.15, 0.2) is 186 Å². The van der Waals surface area contributed by atoms with Gasteiger partial charge in [-0.1, -0.05) is 134 Å². The van der Waals surface area contributed by atoms with Crippen LogP contribution in [0.2, 0.25) is 0 Å². The summed E-state index contributed by atoms with van der Waals surface area (Å²) in [6.07, 6.45) is 9.23. The summed E-state index contributed by atoms with van der Waals surface area (Å²) in [6.45, 7) is 6.21. The van der Waals surface area contributed by atoms with Crippen molar-refractivity contribution in [1.82, 2.24) is 0 Å². The van der Waals surface area contributed by atoms with Gasteiger partial charge >= 0.3 is 0 Å². The standard InChI is InChI=1S/C47H39N3/c1-3-50(46-17-11-10-12-33(46)2)43-28-26-35(27-29-43)41-25-21-36-20-24-40(30-42(36)31-41)34-18-22-38(23-19-34)45-32-44(37-13-6-4-7-14-37)48-47(49-45)39-15-8-5-9-16-39/h3-18,20-22,24-31,44H,1,19,23,32H2,2H3. The van der Waals surface area contributed by atoms with Crippen molar-refractivity contribution in [3.8, 4) is 11.1 Å². The average molecular weight is 646 g/mol. The summed E-state index contributed by atoms with van der Waals surface area (Å²) in [7, 11) is 0. The van der Waals surface area contributed by atoms with Crippen molar-refractivity contribution in [2.45, 2.75) is 32.2 Å². The van der Waals surface area contributed by atoms with Gasteiger partial charge in [0.05, 0.1) is 6.04 Å². The molecule has 0 radical (unpaired) electrons. The molecule has 2 aliphatic rings. The van der Waals surface area contributed by atoms with Crippen LogP contribution in [0.4, 0.5) is 11.4 Å². The van der Waals surface area contributed by atoms with Crippen molar-refractivity contribution in [2.75, 3.05) is 4.90 Å². The van der Waals surface area contributed by atoms with E-state index in [0.717, 1.165) is 47.7 Å². The predicted octanol–water partition coefficient (Wildman–Crippen LogP) is 12.2. The number of allylic oxidation sites excluding steroid dienone is 4. The number of fused-ring (bicyclic) bond motifs is 1. The molecule has 0 amide bonds. The molecule has 1 atom stereocenters. The van der Waals surface area contributed by atoms with E-state index in [-0.39, 0.29) is 6.04 Å². The number of nitrogens with zero attached hydrogens (tertiary/aromatic N) is 3. The third-order valence-corrected chi connectivity index (χ3v) is 9.89. The first kappa shape index (κ1) is 31.2. The van der Waals surface area contributed by atoms with Crippen molar-refractivity contribution in [1.29, 1.82) is 0 Å². The SMILES string of the molecule is C=CN(c1ccc(-c2ccc3ccc(C4=CC=C(C5=NC(c6ccccc6)=NC(c6ccccc6)C5)CC4)cc3c2)cc1)c1ccccc1C. The largest absolute Gasteiger partial charge is 0.318 e. The number of aryl methyl sites for hydroxylation is 1. The topological polar surface area (TPSA) is 28.0 Å². The Morgan fingerprint density at radius 3 is 1.98 bits per heavy atom. The second-order valence-corrected chi connectivity index (χ2v) is 13.1. The lowest BCUT2D eigenvalue weighted by atomic mass is 9.87. The van der Waals surface area contributed by atoms with Crippen LogP contribution in [0.25, 0.3) is 27.5 Å². The van der Waals surface area contributed by atoms with Gasteiger partial charge in [-0.2, -0.15) is 0 Å². The van der Waals surface area contributed by atoms with E-state index in [1.54, 1.807) is 0 Å². The molecule has 0 bridgehead atoms. The lowest BCUT2D eigenvalue weighted by molar-refractivity contribution is 0.749. The first-order chi connectivity index (χ1) is 24.6. The third kappa shape index (κ3) is 6.38. The highest BCUT2D eigenvalue weighted by Crippen LogP contribution is 2.36. The smallest absolute Gasteiger partial charge is 0.155 e. The maximum atomic E-state index is 5.13. The van der Waals surface area contributed by atoms with Gasteiger partial charge in [0, 0.05) is 35.3 Å². The van der Waals surface area contributed by atoms with E-state index in [4.69, 9.17) is 9.98 Å². The summed E-state index contributed by atoms with van der Waals surface area (Å²) >= 11 is 0. The Kier molecular flexibility index (Phi) is 8.63. The van der Waals surface area contributed by atoms with Crippen molar-refractivity contribution < 1.29 is 0 Å². The first-order valence-electron chi connectivity index (χ1n) is 17.4. The number of benzene rings is 6. The zero-order valence-corrected chi connectivity index (χ0v) is 28.3. The van der Waals surface area contributed by atoms with Crippen molar-refractivity contribution >= 4 is 39.3 Å².